The number of halogens is 3. The summed E-state index contributed by atoms with van der Waals surface area (Å²) in [7, 11) is 9.87. The molecular weight excluding hydrogens is 270 g/mol. The van der Waals surface area contributed by atoms with Gasteiger partial charge in [-0.15, -0.1) is 0 Å². The van der Waals surface area contributed by atoms with Gasteiger partial charge in [0.05, 0.1) is 0 Å². The molecule has 0 radical (unpaired) electrons. The Labute approximate surface area is 87.4 Å². The number of rotatable bonds is 0. The first-order valence-corrected chi connectivity index (χ1v) is 8.37. The summed E-state index contributed by atoms with van der Waals surface area (Å²) in [6.07, 6.45) is 0. The maximum absolute atomic E-state index is 4.93. The molecule has 0 spiro atoms. The fraction of sp³-hybridized carbons (Fsp3) is 0. The third-order valence-corrected chi connectivity index (χ3v) is 0.556. The Morgan fingerprint density at radius 2 is 1.40 bits per heavy atom. The van der Waals surface area contributed by atoms with E-state index in [9.17, 15) is 0 Å². The van der Waals surface area contributed by atoms with Crippen molar-refractivity contribution in [1.82, 2.24) is 0 Å². The van der Waals surface area contributed by atoms with Gasteiger partial charge in [-0.2, -0.15) is 18.2 Å². The quantitative estimate of drug-likeness (QED) is 0.596. The molecule has 0 nitrogen and oxygen atoms in total. The molecule has 1 aromatic rings. The molecular formula is C6H8Cl3Zr-3. The summed E-state index contributed by atoms with van der Waals surface area (Å²) < 4.78 is 0. The monoisotopic (exact) mass is 275 g/mol. The first-order chi connectivity index (χ1) is 3.91. The summed E-state index contributed by atoms with van der Waals surface area (Å²) in [5, 5.41) is 0. The zero-order valence-electron chi connectivity index (χ0n) is 5.52. The van der Waals surface area contributed by atoms with Crippen LogP contribution in [0.5, 0.6) is 0 Å². The van der Waals surface area contributed by atoms with Crippen LogP contribution < -0.4 is 12.4 Å². The van der Waals surface area contributed by atoms with E-state index in [1.54, 1.807) is 0 Å². The van der Waals surface area contributed by atoms with E-state index in [0.717, 1.165) is 0 Å². The SMILES string of the molecule is [CH3-].[Cl-].[Cl][Zr][Cl].c1cc[cH-]c1. The summed E-state index contributed by atoms with van der Waals surface area (Å²) in [6.45, 7) is 0. The van der Waals surface area contributed by atoms with Crippen molar-refractivity contribution in [3.8, 4) is 0 Å². The van der Waals surface area contributed by atoms with Gasteiger partial charge in [0.2, 0.25) is 0 Å². The second-order valence-corrected chi connectivity index (χ2v) is 4.77. The predicted molar refractivity (Wildman–Crippen MR) is 40.2 cm³/mol. The van der Waals surface area contributed by atoms with Gasteiger partial charge in [0.1, 0.15) is 0 Å². The third-order valence-electron chi connectivity index (χ3n) is 0.556. The summed E-state index contributed by atoms with van der Waals surface area (Å²) in [5.41, 5.74) is 0. The molecule has 0 N–H and O–H groups in total. The van der Waals surface area contributed by atoms with E-state index >= 15 is 0 Å². The Morgan fingerprint density at radius 1 is 1.10 bits per heavy atom. The molecule has 0 amide bonds. The first-order valence-electron chi connectivity index (χ1n) is 2.04. The minimum Gasteiger partial charge on any atom is -0.214 e. The minimum atomic E-state index is -0.826. The largest absolute Gasteiger partial charge is 0.214 e. The summed E-state index contributed by atoms with van der Waals surface area (Å²) in [5.74, 6) is 0. The second-order valence-electron chi connectivity index (χ2n) is 1.03. The van der Waals surface area contributed by atoms with Crippen molar-refractivity contribution >= 4 is 17.0 Å². The standard InChI is InChI=1S/C5H5.CH3.3ClH.Zr/c1-2-4-5-3-1;;;;;/h1-5H;1H3;3*1H;/q2*-1;;;;+2/p-3. The van der Waals surface area contributed by atoms with Crippen molar-refractivity contribution in [3.05, 3.63) is 37.8 Å². The molecule has 0 bridgehead atoms. The molecule has 0 aliphatic carbocycles. The molecule has 0 aromatic heterocycles. The molecule has 0 fully saturated rings. The maximum Gasteiger partial charge on any atom is -0.172 e. The van der Waals surface area contributed by atoms with Gasteiger partial charge in [0, 0.05) is 0 Å². The number of hydrogen-bond donors (Lipinski definition) is 0. The smallest absolute Gasteiger partial charge is 0.172 e. The molecule has 60 valence electrons. The van der Waals surface area contributed by atoms with Gasteiger partial charge in [-0.1, -0.05) is 0 Å². The Morgan fingerprint density at radius 3 is 1.50 bits per heavy atom. The van der Waals surface area contributed by atoms with Gasteiger partial charge < -0.3 is 19.8 Å². The van der Waals surface area contributed by atoms with Crippen LogP contribution in [0.2, 0.25) is 0 Å². The predicted octanol–water partition coefficient (Wildman–Crippen LogP) is 0.236. The van der Waals surface area contributed by atoms with E-state index in [1.165, 1.54) is 0 Å². The van der Waals surface area contributed by atoms with Crippen LogP contribution >= 0.6 is 17.0 Å². The van der Waals surface area contributed by atoms with E-state index in [2.05, 4.69) is 0 Å². The second kappa shape index (κ2) is 16.6. The Balaban J connectivity index is -0.0000000900. The third kappa shape index (κ3) is 16.0. The van der Waals surface area contributed by atoms with Crippen molar-refractivity contribution in [3.63, 3.8) is 0 Å². The molecule has 0 aliphatic rings. The van der Waals surface area contributed by atoms with E-state index in [-0.39, 0.29) is 19.8 Å². The van der Waals surface area contributed by atoms with Gasteiger partial charge in [0.25, 0.3) is 0 Å². The van der Waals surface area contributed by atoms with Crippen LogP contribution in [0.1, 0.15) is 0 Å². The summed E-state index contributed by atoms with van der Waals surface area (Å²) in [4.78, 5) is 0. The molecule has 0 aliphatic heterocycles. The van der Waals surface area contributed by atoms with Gasteiger partial charge >= 0.3 is 37.9 Å². The van der Waals surface area contributed by atoms with Crippen LogP contribution in [-0.2, 0) is 20.8 Å². The topological polar surface area (TPSA) is 0 Å². The van der Waals surface area contributed by atoms with Crippen molar-refractivity contribution < 1.29 is 33.3 Å². The van der Waals surface area contributed by atoms with Crippen molar-refractivity contribution in [2.45, 2.75) is 0 Å². The molecule has 0 heterocycles. The zero-order chi connectivity index (χ0) is 6.24. The first kappa shape index (κ1) is 17.3. The molecule has 4 heteroatoms. The molecule has 0 saturated carbocycles. The molecule has 0 unspecified atom stereocenters. The van der Waals surface area contributed by atoms with E-state index in [0.29, 0.717) is 0 Å². The van der Waals surface area contributed by atoms with E-state index in [4.69, 9.17) is 17.0 Å². The van der Waals surface area contributed by atoms with Crippen LogP contribution in [0, 0.1) is 7.43 Å². The van der Waals surface area contributed by atoms with Crippen molar-refractivity contribution in [2.24, 2.45) is 0 Å². The van der Waals surface area contributed by atoms with E-state index < -0.39 is 20.8 Å². The Bertz CT molecular complexity index is 79.9. The van der Waals surface area contributed by atoms with Gasteiger partial charge in [-0.05, 0) is 0 Å². The van der Waals surface area contributed by atoms with Crippen LogP contribution in [0.15, 0.2) is 30.3 Å². The molecule has 10 heavy (non-hydrogen) atoms. The van der Waals surface area contributed by atoms with E-state index in [1.807, 2.05) is 30.3 Å². The van der Waals surface area contributed by atoms with Gasteiger partial charge in [-0.3, -0.25) is 0 Å². The molecule has 0 saturated heterocycles. The van der Waals surface area contributed by atoms with Crippen LogP contribution in [0.4, 0.5) is 0 Å². The van der Waals surface area contributed by atoms with Crippen molar-refractivity contribution in [1.29, 1.82) is 0 Å². The molecule has 1 rings (SSSR count). The van der Waals surface area contributed by atoms with Gasteiger partial charge in [0.15, 0.2) is 0 Å². The Hall–Kier alpha value is 1.10. The van der Waals surface area contributed by atoms with Crippen LogP contribution in [0.25, 0.3) is 0 Å². The van der Waals surface area contributed by atoms with Crippen molar-refractivity contribution in [2.75, 3.05) is 0 Å². The normalized spacial score (nSPS) is 5.40. The summed E-state index contributed by atoms with van der Waals surface area (Å²) >= 11 is -0.826. The minimum absolute atomic E-state index is 0. The Kier molecular flexibility index (Phi) is 28.6. The summed E-state index contributed by atoms with van der Waals surface area (Å²) in [6, 6.07) is 10.0. The van der Waals surface area contributed by atoms with Crippen LogP contribution in [-0.4, -0.2) is 0 Å². The average molecular weight is 278 g/mol. The number of hydrogen-bond acceptors (Lipinski definition) is 0. The zero-order valence-corrected chi connectivity index (χ0v) is 10.2. The molecule has 1 aromatic carbocycles. The van der Waals surface area contributed by atoms with Gasteiger partial charge in [-0.25, -0.2) is 12.1 Å². The maximum atomic E-state index is 4.93. The van der Waals surface area contributed by atoms with Crippen LogP contribution in [0.3, 0.4) is 0 Å². The fourth-order valence-electron chi connectivity index (χ4n) is 0.321. The average Bonchev–Trinajstić information content (AvgIpc) is 2.17. The molecule has 0 atom stereocenters. The fourth-order valence-corrected chi connectivity index (χ4v) is 0.321.